The minimum Gasteiger partial charge on any atom is -0.456 e. The lowest BCUT2D eigenvalue weighted by Crippen LogP contribution is -2.09. The molecule has 0 spiro atoms. The second kappa shape index (κ2) is 12.1. The third-order valence-corrected chi connectivity index (χ3v) is 12.0. The number of furan rings is 3. The lowest BCUT2D eigenvalue weighted by molar-refractivity contribution is 0.668. The molecule has 6 heteroatoms. The average molecular weight is 739 g/mol. The largest absolute Gasteiger partial charge is 0.456 e. The molecule has 8 aromatic carbocycles. The molecule has 0 atom stereocenters. The molecule has 0 fully saturated rings. The molecule has 0 bridgehead atoms. The van der Waals surface area contributed by atoms with E-state index in [9.17, 15) is 0 Å². The minimum atomic E-state index is 0.858. The van der Waals surface area contributed by atoms with E-state index in [1.54, 1.807) is 11.3 Å². The Labute approximate surface area is 324 Å². The molecule has 0 saturated heterocycles. The van der Waals surface area contributed by atoms with Crippen LogP contribution >= 0.6 is 11.3 Å². The van der Waals surface area contributed by atoms with E-state index in [-0.39, 0.29) is 0 Å². The highest BCUT2D eigenvalue weighted by molar-refractivity contribution is 7.26. The van der Waals surface area contributed by atoms with E-state index in [0.717, 1.165) is 105 Å². The van der Waals surface area contributed by atoms with Crippen molar-refractivity contribution in [2.24, 2.45) is 0 Å². The van der Waals surface area contributed by atoms with E-state index in [4.69, 9.17) is 13.3 Å². The van der Waals surface area contributed by atoms with Gasteiger partial charge >= 0.3 is 0 Å². The van der Waals surface area contributed by atoms with Crippen molar-refractivity contribution >= 4 is 121 Å². The molecule has 0 saturated carbocycles. The zero-order valence-corrected chi connectivity index (χ0v) is 30.7. The molecule has 0 aliphatic rings. The van der Waals surface area contributed by atoms with Gasteiger partial charge in [0.05, 0.1) is 4.70 Å². The Bertz CT molecular complexity index is 3220. The van der Waals surface area contributed by atoms with Gasteiger partial charge in [-0.15, -0.1) is 11.3 Å². The van der Waals surface area contributed by atoms with Crippen LogP contribution in [0.3, 0.4) is 0 Å². The van der Waals surface area contributed by atoms with Gasteiger partial charge in [0.25, 0.3) is 0 Å². The number of benzene rings is 8. The molecule has 264 valence electrons. The van der Waals surface area contributed by atoms with Crippen LogP contribution in [0, 0.1) is 0 Å². The van der Waals surface area contributed by atoms with Crippen molar-refractivity contribution in [3.63, 3.8) is 0 Å². The van der Waals surface area contributed by atoms with Crippen molar-refractivity contribution in [1.82, 2.24) is 0 Å². The average Bonchev–Trinajstić information content (AvgIpc) is 4.00. The standard InChI is InChI=1S/C50H30N2O3S/c1-3-11-31(12-4-1)51(33-21-25-45-41(27-33)37-15-7-9-17-43(37)53-45)35-19-23-39-47(29-35)55-49-40-24-20-36(30-48(40)56-50(39)49)52(32-13-5-2-6-14-32)34-22-26-46-42(28-34)38-16-8-10-18-44(38)54-46/h1-30H. The Hall–Kier alpha value is -7.28. The van der Waals surface area contributed by atoms with Gasteiger partial charge < -0.3 is 23.1 Å². The zero-order chi connectivity index (χ0) is 36.7. The van der Waals surface area contributed by atoms with Gasteiger partial charge in [-0.2, -0.15) is 0 Å². The van der Waals surface area contributed by atoms with Gasteiger partial charge in [-0.25, -0.2) is 0 Å². The van der Waals surface area contributed by atoms with Crippen LogP contribution in [0.25, 0.3) is 75.2 Å². The highest BCUT2D eigenvalue weighted by Gasteiger charge is 2.21. The summed E-state index contributed by atoms with van der Waals surface area (Å²) in [6, 6.07) is 63.6. The Balaban J connectivity index is 0.971. The lowest BCUT2D eigenvalue weighted by atomic mass is 10.1. The molecule has 5 nitrogen and oxygen atoms in total. The van der Waals surface area contributed by atoms with Crippen molar-refractivity contribution in [3.8, 4) is 0 Å². The highest BCUT2D eigenvalue weighted by Crippen LogP contribution is 2.46. The van der Waals surface area contributed by atoms with Crippen LogP contribution in [0.15, 0.2) is 195 Å². The fraction of sp³-hybridized carbons (Fsp3) is 0. The predicted molar refractivity (Wildman–Crippen MR) is 233 cm³/mol. The second-order valence-electron chi connectivity index (χ2n) is 14.1. The van der Waals surface area contributed by atoms with Gasteiger partial charge in [-0.3, -0.25) is 0 Å². The number of rotatable bonds is 6. The second-order valence-corrected chi connectivity index (χ2v) is 15.2. The fourth-order valence-electron chi connectivity index (χ4n) is 8.27. The SMILES string of the molecule is c1ccc(N(c2ccc3c(c2)oc2c4ccc(N(c5ccccc5)c5ccc6oc7ccccc7c6c5)cc4sc32)c2ccc3oc4ccccc4c3c2)cc1. The Kier molecular flexibility index (Phi) is 6.73. The van der Waals surface area contributed by atoms with Gasteiger partial charge in [0.2, 0.25) is 0 Å². The molecular weight excluding hydrogens is 709 g/mol. The molecule has 0 amide bonds. The zero-order valence-electron chi connectivity index (χ0n) is 29.8. The Morgan fingerprint density at radius 2 is 0.768 bits per heavy atom. The molecule has 12 rings (SSSR count). The summed E-state index contributed by atoms with van der Waals surface area (Å²) in [5.74, 6) is 0. The normalized spacial score (nSPS) is 11.9. The fourth-order valence-corrected chi connectivity index (χ4v) is 9.46. The summed E-state index contributed by atoms with van der Waals surface area (Å²) in [6.45, 7) is 0. The van der Waals surface area contributed by atoms with Gasteiger partial charge in [0.15, 0.2) is 5.58 Å². The van der Waals surface area contributed by atoms with Crippen LogP contribution in [-0.4, -0.2) is 0 Å². The first-order valence-corrected chi connectivity index (χ1v) is 19.5. The Morgan fingerprint density at radius 3 is 1.36 bits per heavy atom. The summed E-state index contributed by atoms with van der Waals surface area (Å²) in [4.78, 5) is 4.60. The van der Waals surface area contributed by atoms with Crippen LogP contribution in [-0.2, 0) is 0 Å². The number of hydrogen-bond acceptors (Lipinski definition) is 6. The molecule has 0 radical (unpaired) electrons. The summed E-state index contributed by atoms with van der Waals surface area (Å²) in [5, 5.41) is 6.61. The quantitative estimate of drug-likeness (QED) is 0.170. The predicted octanol–water partition coefficient (Wildman–Crippen LogP) is 15.5. The minimum absolute atomic E-state index is 0.858. The van der Waals surface area contributed by atoms with Crippen LogP contribution in [0.1, 0.15) is 0 Å². The Morgan fingerprint density at radius 1 is 0.304 bits per heavy atom. The van der Waals surface area contributed by atoms with Gasteiger partial charge in [-0.05, 0) is 103 Å². The van der Waals surface area contributed by atoms with Crippen molar-refractivity contribution in [3.05, 3.63) is 182 Å². The molecule has 4 heterocycles. The third kappa shape index (κ3) is 4.79. The van der Waals surface area contributed by atoms with Crippen molar-refractivity contribution in [1.29, 1.82) is 0 Å². The van der Waals surface area contributed by atoms with Gasteiger partial charge in [0, 0.05) is 77.2 Å². The van der Waals surface area contributed by atoms with Crippen molar-refractivity contribution in [2.75, 3.05) is 9.80 Å². The first-order chi connectivity index (χ1) is 27.7. The van der Waals surface area contributed by atoms with Crippen molar-refractivity contribution in [2.45, 2.75) is 0 Å². The lowest BCUT2D eigenvalue weighted by Gasteiger charge is -2.25. The third-order valence-electron chi connectivity index (χ3n) is 10.8. The molecule has 0 aliphatic heterocycles. The summed E-state index contributed by atoms with van der Waals surface area (Å²) in [6.07, 6.45) is 0. The van der Waals surface area contributed by atoms with E-state index < -0.39 is 0 Å². The number of thiophene rings is 1. The summed E-state index contributed by atoms with van der Waals surface area (Å²) >= 11 is 1.78. The van der Waals surface area contributed by atoms with Crippen LogP contribution in [0.5, 0.6) is 0 Å². The summed E-state index contributed by atoms with van der Waals surface area (Å²) in [5.41, 5.74) is 11.7. The van der Waals surface area contributed by atoms with E-state index in [0.29, 0.717) is 0 Å². The molecule has 56 heavy (non-hydrogen) atoms. The monoisotopic (exact) mass is 738 g/mol. The molecule has 4 aromatic heterocycles. The molecule has 12 aromatic rings. The van der Waals surface area contributed by atoms with Crippen LogP contribution in [0.2, 0.25) is 0 Å². The van der Waals surface area contributed by atoms with Gasteiger partial charge in [-0.1, -0.05) is 72.8 Å². The van der Waals surface area contributed by atoms with Crippen LogP contribution < -0.4 is 9.80 Å². The maximum atomic E-state index is 6.78. The first kappa shape index (κ1) is 31.1. The maximum Gasteiger partial charge on any atom is 0.154 e. The van der Waals surface area contributed by atoms with E-state index in [2.05, 4.69) is 161 Å². The van der Waals surface area contributed by atoms with E-state index in [1.807, 2.05) is 30.3 Å². The van der Waals surface area contributed by atoms with Crippen LogP contribution in [0.4, 0.5) is 34.1 Å². The highest BCUT2D eigenvalue weighted by atomic mass is 32.1. The van der Waals surface area contributed by atoms with Gasteiger partial charge in [0.1, 0.15) is 27.9 Å². The molecular formula is C50H30N2O3S. The van der Waals surface area contributed by atoms with E-state index in [1.165, 1.54) is 4.70 Å². The van der Waals surface area contributed by atoms with Crippen molar-refractivity contribution < 1.29 is 13.3 Å². The molecule has 0 aliphatic carbocycles. The number of nitrogens with zero attached hydrogens (tertiary/aromatic N) is 2. The first-order valence-electron chi connectivity index (χ1n) is 18.7. The topological polar surface area (TPSA) is 45.9 Å². The number of hydrogen-bond donors (Lipinski definition) is 0. The molecule has 0 unspecified atom stereocenters. The number of fused-ring (bicyclic) bond motifs is 11. The smallest absolute Gasteiger partial charge is 0.154 e. The van der Waals surface area contributed by atoms with E-state index >= 15 is 0 Å². The molecule has 0 N–H and O–H groups in total. The number of para-hydroxylation sites is 4. The summed E-state index contributed by atoms with van der Waals surface area (Å²) < 4.78 is 21.4. The number of anilines is 6. The summed E-state index contributed by atoms with van der Waals surface area (Å²) in [7, 11) is 0. The maximum absolute atomic E-state index is 6.78.